The topological polar surface area (TPSA) is 32.6 Å². The van der Waals surface area contributed by atoms with Crippen molar-refractivity contribution >= 4 is 18.1 Å². The van der Waals surface area contributed by atoms with Crippen LogP contribution in [-0.2, 0) is 0 Å². The summed E-state index contributed by atoms with van der Waals surface area (Å²) in [5.74, 6) is 0. The van der Waals surface area contributed by atoms with E-state index in [0.717, 1.165) is 25.0 Å². The van der Waals surface area contributed by atoms with Gasteiger partial charge in [0, 0.05) is 0 Å². The highest BCUT2D eigenvalue weighted by molar-refractivity contribution is 5.94. The molecule has 0 fully saturated rings. The van der Waals surface area contributed by atoms with Crippen molar-refractivity contribution in [1.29, 1.82) is 0 Å². The lowest BCUT2D eigenvalue weighted by Crippen LogP contribution is -1.97. The van der Waals surface area contributed by atoms with E-state index in [1.807, 2.05) is 12.2 Å². The first-order valence-corrected chi connectivity index (χ1v) is 2.81. The van der Waals surface area contributed by atoms with Crippen LogP contribution in [0.1, 0.15) is 19.3 Å². The SMILES string of the molecule is Cl.ON=C1C=CCCC1. The normalized spacial score (nSPS) is 21.6. The van der Waals surface area contributed by atoms with E-state index in [0.29, 0.717) is 0 Å². The summed E-state index contributed by atoms with van der Waals surface area (Å²) in [5.41, 5.74) is 0.802. The summed E-state index contributed by atoms with van der Waals surface area (Å²) >= 11 is 0. The van der Waals surface area contributed by atoms with E-state index in [4.69, 9.17) is 5.21 Å². The largest absolute Gasteiger partial charge is 0.411 e. The zero-order valence-electron chi connectivity index (χ0n) is 5.08. The number of halogens is 1. The standard InChI is InChI=1S/C6H9NO.ClH/c8-7-6-4-2-1-3-5-6;/h2,4,8H,1,3,5H2;1H. The van der Waals surface area contributed by atoms with E-state index in [9.17, 15) is 0 Å². The van der Waals surface area contributed by atoms with Gasteiger partial charge in [-0.1, -0.05) is 11.2 Å². The van der Waals surface area contributed by atoms with Crippen LogP contribution in [0.5, 0.6) is 0 Å². The maximum absolute atomic E-state index is 8.23. The van der Waals surface area contributed by atoms with E-state index in [1.54, 1.807) is 0 Å². The van der Waals surface area contributed by atoms with Crippen LogP contribution in [0.4, 0.5) is 0 Å². The van der Waals surface area contributed by atoms with Crippen molar-refractivity contribution in [3.05, 3.63) is 12.2 Å². The van der Waals surface area contributed by atoms with Crippen molar-refractivity contribution in [3.63, 3.8) is 0 Å². The van der Waals surface area contributed by atoms with Crippen molar-refractivity contribution in [1.82, 2.24) is 0 Å². The van der Waals surface area contributed by atoms with Crippen molar-refractivity contribution in [3.8, 4) is 0 Å². The molecule has 0 aromatic carbocycles. The molecule has 9 heavy (non-hydrogen) atoms. The van der Waals surface area contributed by atoms with Gasteiger partial charge in [0.05, 0.1) is 5.71 Å². The first kappa shape index (κ1) is 8.50. The van der Waals surface area contributed by atoms with Gasteiger partial charge in [-0.25, -0.2) is 0 Å². The molecule has 0 saturated carbocycles. The van der Waals surface area contributed by atoms with Gasteiger partial charge in [-0.2, -0.15) is 0 Å². The summed E-state index contributed by atoms with van der Waals surface area (Å²) in [6, 6.07) is 0. The lowest BCUT2D eigenvalue weighted by molar-refractivity contribution is 0.318. The molecule has 0 aromatic heterocycles. The molecule has 0 bridgehead atoms. The highest BCUT2D eigenvalue weighted by Gasteiger charge is 1.98. The van der Waals surface area contributed by atoms with Gasteiger partial charge >= 0.3 is 0 Å². The second-order valence-electron chi connectivity index (χ2n) is 1.89. The summed E-state index contributed by atoms with van der Waals surface area (Å²) in [7, 11) is 0. The molecule has 0 atom stereocenters. The summed E-state index contributed by atoms with van der Waals surface area (Å²) in [4.78, 5) is 0. The highest BCUT2D eigenvalue weighted by Crippen LogP contribution is 2.06. The molecule has 0 saturated heterocycles. The Hall–Kier alpha value is -0.500. The minimum absolute atomic E-state index is 0. The maximum Gasteiger partial charge on any atom is 0.0792 e. The minimum atomic E-state index is 0. The molecule has 0 amide bonds. The lowest BCUT2D eigenvalue weighted by atomic mass is 10.1. The molecule has 1 aliphatic rings. The number of hydrogen-bond acceptors (Lipinski definition) is 2. The van der Waals surface area contributed by atoms with E-state index in [1.165, 1.54) is 0 Å². The molecule has 2 nitrogen and oxygen atoms in total. The number of oxime groups is 1. The molecule has 0 aliphatic heterocycles. The Labute approximate surface area is 60.7 Å². The molecule has 0 unspecified atom stereocenters. The zero-order valence-corrected chi connectivity index (χ0v) is 5.90. The molecular weight excluding hydrogens is 138 g/mol. The Balaban J connectivity index is 0.000000640. The molecule has 1 N–H and O–H groups in total. The summed E-state index contributed by atoms with van der Waals surface area (Å²) in [6.45, 7) is 0. The average molecular weight is 148 g/mol. The van der Waals surface area contributed by atoms with E-state index >= 15 is 0 Å². The number of nitrogens with zero attached hydrogens (tertiary/aromatic N) is 1. The van der Waals surface area contributed by atoms with Crippen molar-refractivity contribution in [2.75, 3.05) is 0 Å². The second kappa shape index (κ2) is 4.39. The van der Waals surface area contributed by atoms with Gasteiger partial charge in [0.1, 0.15) is 0 Å². The average Bonchev–Trinajstić information content (AvgIpc) is 1.90. The van der Waals surface area contributed by atoms with Crippen LogP contribution in [0.3, 0.4) is 0 Å². The van der Waals surface area contributed by atoms with Gasteiger partial charge in [0.2, 0.25) is 0 Å². The predicted octanol–water partition coefficient (Wildman–Crippen LogP) is 1.98. The Morgan fingerprint density at radius 2 is 2.33 bits per heavy atom. The quantitative estimate of drug-likeness (QED) is 0.413. The van der Waals surface area contributed by atoms with Crippen LogP contribution in [0.15, 0.2) is 17.3 Å². The van der Waals surface area contributed by atoms with Gasteiger partial charge in [-0.3, -0.25) is 0 Å². The second-order valence-corrected chi connectivity index (χ2v) is 1.89. The smallest absolute Gasteiger partial charge is 0.0792 e. The Morgan fingerprint density at radius 1 is 1.56 bits per heavy atom. The Bertz CT molecular complexity index is 131. The molecule has 0 radical (unpaired) electrons. The summed E-state index contributed by atoms with van der Waals surface area (Å²) in [5, 5.41) is 11.3. The van der Waals surface area contributed by atoms with Crippen LogP contribution < -0.4 is 0 Å². The van der Waals surface area contributed by atoms with Crippen LogP contribution in [-0.4, -0.2) is 10.9 Å². The number of rotatable bonds is 0. The molecule has 0 spiro atoms. The molecule has 0 heterocycles. The highest BCUT2D eigenvalue weighted by atomic mass is 35.5. The molecule has 1 aliphatic carbocycles. The molecule has 1 rings (SSSR count). The van der Waals surface area contributed by atoms with Crippen molar-refractivity contribution in [2.24, 2.45) is 5.16 Å². The minimum Gasteiger partial charge on any atom is -0.411 e. The van der Waals surface area contributed by atoms with Gasteiger partial charge in [-0.05, 0) is 25.3 Å². The van der Waals surface area contributed by atoms with E-state index in [-0.39, 0.29) is 12.4 Å². The Morgan fingerprint density at radius 3 is 2.67 bits per heavy atom. The van der Waals surface area contributed by atoms with E-state index < -0.39 is 0 Å². The molecule has 0 aromatic rings. The van der Waals surface area contributed by atoms with Gasteiger partial charge < -0.3 is 5.21 Å². The van der Waals surface area contributed by atoms with Crippen molar-refractivity contribution < 1.29 is 5.21 Å². The van der Waals surface area contributed by atoms with Gasteiger partial charge in [0.25, 0.3) is 0 Å². The monoisotopic (exact) mass is 147 g/mol. The fourth-order valence-electron chi connectivity index (χ4n) is 0.787. The van der Waals surface area contributed by atoms with Gasteiger partial charge in [0.15, 0.2) is 0 Å². The molecular formula is C6H10ClNO. The van der Waals surface area contributed by atoms with Gasteiger partial charge in [-0.15, -0.1) is 12.4 Å². The number of allylic oxidation sites excluding steroid dienone is 2. The fraction of sp³-hybridized carbons (Fsp3) is 0.500. The zero-order chi connectivity index (χ0) is 5.82. The van der Waals surface area contributed by atoms with E-state index in [2.05, 4.69) is 5.16 Å². The summed E-state index contributed by atoms with van der Waals surface area (Å²) in [6.07, 6.45) is 7.06. The lowest BCUT2D eigenvalue weighted by Gasteiger charge is -2.01. The third-order valence-corrected chi connectivity index (χ3v) is 1.24. The third kappa shape index (κ3) is 2.51. The maximum atomic E-state index is 8.23. The predicted molar refractivity (Wildman–Crippen MR) is 39.5 cm³/mol. The van der Waals surface area contributed by atoms with Crippen LogP contribution >= 0.6 is 12.4 Å². The van der Waals surface area contributed by atoms with Crippen LogP contribution in [0.2, 0.25) is 0 Å². The third-order valence-electron chi connectivity index (χ3n) is 1.24. The Kier molecular flexibility index (Phi) is 4.14. The van der Waals surface area contributed by atoms with Crippen LogP contribution in [0, 0.1) is 0 Å². The first-order valence-electron chi connectivity index (χ1n) is 2.81. The summed E-state index contributed by atoms with van der Waals surface area (Å²) < 4.78 is 0. The first-order chi connectivity index (χ1) is 3.93. The fourth-order valence-corrected chi connectivity index (χ4v) is 0.787. The van der Waals surface area contributed by atoms with Crippen molar-refractivity contribution in [2.45, 2.75) is 19.3 Å². The molecule has 3 heteroatoms. The number of hydrogen-bond donors (Lipinski definition) is 1. The van der Waals surface area contributed by atoms with Crippen LogP contribution in [0.25, 0.3) is 0 Å². The molecule has 52 valence electrons.